The van der Waals surface area contributed by atoms with E-state index in [1.54, 1.807) is 29.4 Å². The van der Waals surface area contributed by atoms with Gasteiger partial charge in [-0.25, -0.2) is 0 Å². The summed E-state index contributed by atoms with van der Waals surface area (Å²) in [5, 5.41) is 0. The third-order valence-corrected chi connectivity index (χ3v) is 3.31. The van der Waals surface area contributed by atoms with Gasteiger partial charge in [0.2, 0.25) is 5.91 Å². The standard InChI is InChI=1S/C17H18N2O/c1-14(16-8-4-3-5-9-16)19(2)17(20)11-10-15-7-6-12-18-13-15/h3-14H,1-2H3/b11-10+. The molecule has 0 saturated heterocycles. The van der Waals surface area contributed by atoms with Crippen LogP contribution in [0.1, 0.15) is 24.1 Å². The van der Waals surface area contributed by atoms with Crippen LogP contribution >= 0.6 is 0 Å². The molecule has 3 heteroatoms. The van der Waals surface area contributed by atoms with E-state index in [4.69, 9.17) is 0 Å². The van der Waals surface area contributed by atoms with Crippen molar-refractivity contribution in [1.29, 1.82) is 0 Å². The zero-order valence-electron chi connectivity index (χ0n) is 11.7. The van der Waals surface area contributed by atoms with E-state index >= 15 is 0 Å². The molecule has 1 aromatic heterocycles. The SMILES string of the molecule is CC(c1ccccc1)N(C)C(=O)/C=C/c1cccnc1. The van der Waals surface area contributed by atoms with Crippen molar-refractivity contribution < 1.29 is 4.79 Å². The van der Waals surface area contributed by atoms with Crippen molar-refractivity contribution >= 4 is 12.0 Å². The number of hydrogen-bond acceptors (Lipinski definition) is 2. The number of hydrogen-bond donors (Lipinski definition) is 0. The summed E-state index contributed by atoms with van der Waals surface area (Å²) < 4.78 is 0. The van der Waals surface area contributed by atoms with Crippen molar-refractivity contribution in [3.8, 4) is 0 Å². The predicted molar refractivity (Wildman–Crippen MR) is 80.9 cm³/mol. The molecule has 0 saturated carbocycles. The van der Waals surface area contributed by atoms with E-state index in [2.05, 4.69) is 4.98 Å². The summed E-state index contributed by atoms with van der Waals surface area (Å²) >= 11 is 0. The number of aromatic nitrogens is 1. The average molecular weight is 266 g/mol. The molecule has 0 aliphatic carbocycles. The van der Waals surface area contributed by atoms with Gasteiger partial charge in [0, 0.05) is 25.5 Å². The molecule has 102 valence electrons. The van der Waals surface area contributed by atoms with E-state index in [0.29, 0.717) is 0 Å². The van der Waals surface area contributed by atoms with Crippen LogP contribution < -0.4 is 0 Å². The lowest BCUT2D eigenvalue weighted by atomic mass is 10.1. The fourth-order valence-corrected chi connectivity index (χ4v) is 1.91. The fraction of sp³-hybridized carbons (Fsp3) is 0.176. The lowest BCUT2D eigenvalue weighted by molar-refractivity contribution is -0.126. The third kappa shape index (κ3) is 3.54. The Labute approximate surface area is 119 Å². The van der Waals surface area contributed by atoms with E-state index in [-0.39, 0.29) is 11.9 Å². The summed E-state index contributed by atoms with van der Waals surface area (Å²) in [6, 6.07) is 13.8. The van der Waals surface area contributed by atoms with E-state index in [1.165, 1.54) is 0 Å². The molecular formula is C17H18N2O. The first kappa shape index (κ1) is 14.0. The molecule has 2 rings (SSSR count). The first-order valence-corrected chi connectivity index (χ1v) is 6.58. The minimum atomic E-state index is -0.0230. The number of nitrogens with zero attached hydrogens (tertiary/aromatic N) is 2. The van der Waals surface area contributed by atoms with Gasteiger partial charge >= 0.3 is 0 Å². The predicted octanol–water partition coefficient (Wildman–Crippen LogP) is 3.31. The second-order valence-electron chi connectivity index (χ2n) is 4.66. The van der Waals surface area contributed by atoms with Gasteiger partial charge in [-0.2, -0.15) is 0 Å². The van der Waals surface area contributed by atoms with Crippen LogP contribution in [0.15, 0.2) is 60.9 Å². The number of likely N-dealkylation sites (N-methyl/N-ethyl adjacent to an activating group) is 1. The molecular weight excluding hydrogens is 248 g/mol. The second-order valence-corrected chi connectivity index (χ2v) is 4.66. The molecule has 0 fully saturated rings. The van der Waals surface area contributed by atoms with Crippen molar-refractivity contribution in [2.24, 2.45) is 0 Å². The Hall–Kier alpha value is -2.42. The van der Waals surface area contributed by atoms with Gasteiger partial charge < -0.3 is 4.90 Å². The van der Waals surface area contributed by atoms with Gasteiger partial charge in [0.1, 0.15) is 0 Å². The summed E-state index contributed by atoms with van der Waals surface area (Å²) in [6.07, 6.45) is 6.80. The van der Waals surface area contributed by atoms with Crippen molar-refractivity contribution in [3.63, 3.8) is 0 Å². The summed E-state index contributed by atoms with van der Waals surface area (Å²) in [7, 11) is 1.81. The van der Waals surface area contributed by atoms with E-state index in [1.807, 2.05) is 56.4 Å². The smallest absolute Gasteiger partial charge is 0.246 e. The Kier molecular flexibility index (Phi) is 4.66. The van der Waals surface area contributed by atoms with Crippen LogP contribution in [0.2, 0.25) is 0 Å². The van der Waals surface area contributed by atoms with Crippen LogP contribution in [0.25, 0.3) is 6.08 Å². The van der Waals surface area contributed by atoms with Crippen molar-refractivity contribution in [2.75, 3.05) is 7.05 Å². The minimum Gasteiger partial charge on any atom is -0.335 e. The zero-order chi connectivity index (χ0) is 14.4. The molecule has 0 bridgehead atoms. The number of carbonyl (C=O) groups excluding carboxylic acids is 1. The molecule has 3 nitrogen and oxygen atoms in total. The minimum absolute atomic E-state index is 0.0230. The Balaban J connectivity index is 2.04. The summed E-state index contributed by atoms with van der Waals surface area (Å²) in [5.41, 5.74) is 2.04. The van der Waals surface area contributed by atoms with Gasteiger partial charge in [0.15, 0.2) is 0 Å². The molecule has 0 aliphatic heterocycles. The Morgan fingerprint density at radius 1 is 1.20 bits per heavy atom. The normalized spacial score (nSPS) is 12.3. The first-order valence-electron chi connectivity index (χ1n) is 6.58. The summed E-state index contributed by atoms with van der Waals surface area (Å²) in [5.74, 6) is -0.0230. The van der Waals surface area contributed by atoms with E-state index in [9.17, 15) is 4.79 Å². The largest absolute Gasteiger partial charge is 0.335 e. The van der Waals surface area contributed by atoms with Gasteiger partial charge in [-0.1, -0.05) is 36.4 Å². The highest BCUT2D eigenvalue weighted by atomic mass is 16.2. The van der Waals surface area contributed by atoms with Crippen molar-refractivity contribution in [2.45, 2.75) is 13.0 Å². The van der Waals surface area contributed by atoms with Crippen LogP contribution in [0.4, 0.5) is 0 Å². The molecule has 2 aromatic rings. The quantitative estimate of drug-likeness (QED) is 0.795. The molecule has 1 amide bonds. The Morgan fingerprint density at radius 3 is 2.60 bits per heavy atom. The molecule has 1 unspecified atom stereocenters. The van der Waals surface area contributed by atoms with Gasteiger partial charge in [-0.15, -0.1) is 0 Å². The number of benzene rings is 1. The zero-order valence-corrected chi connectivity index (χ0v) is 11.7. The van der Waals surface area contributed by atoms with Crippen molar-refractivity contribution in [3.05, 3.63) is 72.1 Å². The molecule has 0 spiro atoms. The van der Waals surface area contributed by atoms with E-state index < -0.39 is 0 Å². The van der Waals surface area contributed by atoms with Crippen molar-refractivity contribution in [1.82, 2.24) is 9.88 Å². The van der Waals surface area contributed by atoms with Gasteiger partial charge in [-0.05, 0) is 30.2 Å². The summed E-state index contributed by atoms with van der Waals surface area (Å²) in [6.45, 7) is 2.02. The van der Waals surface area contributed by atoms with Crippen LogP contribution in [-0.2, 0) is 4.79 Å². The van der Waals surface area contributed by atoms with Crippen LogP contribution in [-0.4, -0.2) is 22.8 Å². The van der Waals surface area contributed by atoms with E-state index in [0.717, 1.165) is 11.1 Å². The lowest BCUT2D eigenvalue weighted by Gasteiger charge is -2.24. The second kappa shape index (κ2) is 6.66. The first-order chi connectivity index (χ1) is 9.68. The molecule has 1 aromatic carbocycles. The molecule has 1 heterocycles. The molecule has 0 aliphatic rings. The molecule has 20 heavy (non-hydrogen) atoms. The number of amides is 1. The molecule has 0 radical (unpaired) electrons. The maximum absolute atomic E-state index is 12.1. The maximum atomic E-state index is 12.1. The average Bonchev–Trinajstić information content (AvgIpc) is 2.53. The van der Waals surface area contributed by atoms with Crippen LogP contribution in [0.3, 0.4) is 0 Å². The highest BCUT2D eigenvalue weighted by Gasteiger charge is 2.14. The Morgan fingerprint density at radius 2 is 1.95 bits per heavy atom. The van der Waals surface area contributed by atoms with Gasteiger partial charge in [0.25, 0.3) is 0 Å². The highest BCUT2D eigenvalue weighted by molar-refractivity contribution is 5.91. The fourth-order valence-electron chi connectivity index (χ4n) is 1.91. The Bertz CT molecular complexity index is 578. The van der Waals surface area contributed by atoms with Gasteiger partial charge in [0.05, 0.1) is 6.04 Å². The maximum Gasteiger partial charge on any atom is 0.246 e. The summed E-state index contributed by atoms with van der Waals surface area (Å²) in [4.78, 5) is 17.9. The monoisotopic (exact) mass is 266 g/mol. The van der Waals surface area contributed by atoms with Crippen LogP contribution in [0.5, 0.6) is 0 Å². The lowest BCUT2D eigenvalue weighted by Crippen LogP contribution is -2.27. The van der Waals surface area contributed by atoms with Gasteiger partial charge in [-0.3, -0.25) is 9.78 Å². The number of pyridine rings is 1. The number of carbonyl (C=O) groups is 1. The van der Waals surface area contributed by atoms with Crippen LogP contribution in [0, 0.1) is 0 Å². The highest BCUT2D eigenvalue weighted by Crippen LogP contribution is 2.18. The molecule has 0 N–H and O–H groups in total. The molecule has 1 atom stereocenters. The third-order valence-electron chi connectivity index (χ3n) is 3.31. The topological polar surface area (TPSA) is 33.2 Å². The number of rotatable bonds is 4.